The molecule has 3 aromatic rings. The van der Waals surface area contributed by atoms with Crippen molar-refractivity contribution in [1.29, 1.82) is 0 Å². The van der Waals surface area contributed by atoms with Crippen LogP contribution in [0.4, 0.5) is 15.9 Å². The fourth-order valence-electron chi connectivity index (χ4n) is 3.74. The van der Waals surface area contributed by atoms with E-state index in [0.717, 1.165) is 11.3 Å². The minimum absolute atomic E-state index is 0.0125. The van der Waals surface area contributed by atoms with E-state index in [-0.39, 0.29) is 28.4 Å². The third-order valence-electron chi connectivity index (χ3n) is 5.66. The largest absolute Gasteiger partial charge is 0.368 e. The zero-order chi connectivity index (χ0) is 23.4. The summed E-state index contributed by atoms with van der Waals surface area (Å²) in [7, 11) is -3.75. The molecule has 0 spiro atoms. The summed E-state index contributed by atoms with van der Waals surface area (Å²) in [4.78, 5) is 24.6. The van der Waals surface area contributed by atoms with E-state index in [0.29, 0.717) is 26.2 Å². The summed E-state index contributed by atoms with van der Waals surface area (Å²) in [6, 6.07) is 14.1. The zero-order valence-electron chi connectivity index (χ0n) is 18.1. The summed E-state index contributed by atoms with van der Waals surface area (Å²) in [6.07, 6.45) is 2.73. The highest BCUT2D eigenvalue weighted by atomic mass is 32.2. The molecule has 0 unspecified atom stereocenters. The number of sulfonamides is 1. The van der Waals surface area contributed by atoms with Gasteiger partial charge in [0.25, 0.3) is 10.0 Å². The van der Waals surface area contributed by atoms with E-state index < -0.39 is 10.0 Å². The first kappa shape index (κ1) is 22.7. The molecule has 0 bridgehead atoms. The quantitative estimate of drug-likeness (QED) is 0.597. The Morgan fingerprint density at radius 1 is 1.00 bits per heavy atom. The van der Waals surface area contributed by atoms with Crippen LogP contribution in [0.1, 0.15) is 18.4 Å². The topological polar surface area (TPSA) is 95.5 Å². The van der Waals surface area contributed by atoms with Gasteiger partial charge in [0, 0.05) is 38.1 Å². The number of halogens is 1. The normalized spacial score (nSPS) is 15.2. The molecule has 2 aromatic carbocycles. The lowest BCUT2D eigenvalue weighted by atomic mass is 9.99. The molecule has 1 atom stereocenters. The van der Waals surface area contributed by atoms with E-state index in [1.165, 1.54) is 30.7 Å². The number of aromatic nitrogens is 2. The third kappa shape index (κ3) is 5.28. The molecule has 10 heteroatoms. The molecular formula is C23H24FN5O3S. The van der Waals surface area contributed by atoms with Crippen molar-refractivity contribution in [2.45, 2.75) is 17.7 Å². The average Bonchev–Trinajstić information content (AvgIpc) is 2.84. The molecule has 0 saturated carbocycles. The summed E-state index contributed by atoms with van der Waals surface area (Å²) >= 11 is 0. The molecule has 1 aromatic heterocycles. The van der Waals surface area contributed by atoms with Crippen LogP contribution in [0.3, 0.4) is 0 Å². The smallest absolute Gasteiger partial charge is 0.263 e. The number of nitrogens with zero attached hydrogens (tertiary/aromatic N) is 4. The van der Waals surface area contributed by atoms with E-state index >= 15 is 0 Å². The first-order valence-corrected chi connectivity index (χ1v) is 12.0. The standard InChI is InChI=1S/C23H24FN5O3S/c1-17(18-2-4-19(24)5-3-18)23(30)29-14-12-28(13-15-29)20-6-8-21(9-7-20)33(31,32)27-22-10-11-25-16-26-22/h2-11,16-17H,12-15H2,1H3,(H,25,26,27)/t17-/m0/s1. The molecule has 1 amide bonds. The molecule has 1 saturated heterocycles. The van der Waals surface area contributed by atoms with Crippen molar-refractivity contribution in [2.75, 3.05) is 35.8 Å². The molecule has 33 heavy (non-hydrogen) atoms. The molecule has 4 rings (SSSR count). The number of rotatable bonds is 6. The Morgan fingerprint density at radius 3 is 2.27 bits per heavy atom. The highest BCUT2D eigenvalue weighted by molar-refractivity contribution is 7.92. The molecule has 1 N–H and O–H groups in total. The third-order valence-corrected chi connectivity index (χ3v) is 7.04. The lowest BCUT2D eigenvalue weighted by molar-refractivity contribution is -0.132. The van der Waals surface area contributed by atoms with Crippen molar-refractivity contribution in [2.24, 2.45) is 0 Å². The molecule has 1 fully saturated rings. The maximum atomic E-state index is 13.2. The number of carbonyl (C=O) groups is 1. The van der Waals surface area contributed by atoms with Gasteiger partial charge in [-0.2, -0.15) is 0 Å². The van der Waals surface area contributed by atoms with E-state index in [2.05, 4.69) is 19.6 Å². The average molecular weight is 470 g/mol. The van der Waals surface area contributed by atoms with Crippen LogP contribution in [0.5, 0.6) is 0 Å². The first-order valence-electron chi connectivity index (χ1n) is 10.5. The SMILES string of the molecule is C[C@H](C(=O)N1CCN(c2ccc(S(=O)(=O)Nc3ccncn3)cc2)CC1)c1ccc(F)cc1. The van der Waals surface area contributed by atoms with E-state index in [1.54, 1.807) is 36.4 Å². The second-order valence-corrected chi connectivity index (χ2v) is 9.46. The molecule has 172 valence electrons. The van der Waals surface area contributed by atoms with Crippen molar-refractivity contribution in [3.8, 4) is 0 Å². The minimum Gasteiger partial charge on any atom is -0.368 e. The number of nitrogens with one attached hydrogen (secondary N) is 1. The maximum absolute atomic E-state index is 13.2. The summed E-state index contributed by atoms with van der Waals surface area (Å²) < 4.78 is 40.7. The fraction of sp³-hybridized carbons (Fsp3) is 0.261. The molecule has 1 aliphatic heterocycles. The van der Waals surface area contributed by atoms with Crippen LogP contribution in [0.2, 0.25) is 0 Å². The van der Waals surface area contributed by atoms with E-state index in [1.807, 2.05) is 11.8 Å². The van der Waals surface area contributed by atoms with Gasteiger partial charge in [0.05, 0.1) is 10.8 Å². The van der Waals surface area contributed by atoms with Gasteiger partial charge >= 0.3 is 0 Å². The highest BCUT2D eigenvalue weighted by Crippen LogP contribution is 2.23. The number of benzene rings is 2. The summed E-state index contributed by atoms with van der Waals surface area (Å²) in [6.45, 7) is 4.20. The van der Waals surface area contributed by atoms with Crippen LogP contribution >= 0.6 is 0 Å². The number of carbonyl (C=O) groups excluding carboxylic acids is 1. The number of piperazine rings is 1. The van der Waals surface area contributed by atoms with Gasteiger partial charge in [0.1, 0.15) is 18.0 Å². The van der Waals surface area contributed by atoms with Gasteiger partial charge in [0.15, 0.2) is 0 Å². The van der Waals surface area contributed by atoms with Gasteiger partial charge in [-0.1, -0.05) is 12.1 Å². The van der Waals surface area contributed by atoms with Crippen molar-refractivity contribution in [3.05, 3.63) is 78.5 Å². The van der Waals surface area contributed by atoms with Gasteiger partial charge < -0.3 is 9.80 Å². The molecule has 2 heterocycles. The number of anilines is 2. The summed E-state index contributed by atoms with van der Waals surface area (Å²) in [5.41, 5.74) is 1.67. The van der Waals surface area contributed by atoms with Crippen molar-refractivity contribution >= 4 is 27.4 Å². The zero-order valence-corrected chi connectivity index (χ0v) is 18.9. The van der Waals surface area contributed by atoms with Gasteiger partial charge in [0.2, 0.25) is 5.91 Å². The Kier molecular flexibility index (Phi) is 6.55. The second-order valence-electron chi connectivity index (χ2n) is 7.78. The van der Waals surface area contributed by atoms with Crippen LogP contribution in [0.25, 0.3) is 0 Å². The van der Waals surface area contributed by atoms with E-state index in [4.69, 9.17) is 0 Å². The van der Waals surface area contributed by atoms with Crippen molar-refractivity contribution in [3.63, 3.8) is 0 Å². The highest BCUT2D eigenvalue weighted by Gasteiger charge is 2.26. The Balaban J connectivity index is 1.36. The predicted molar refractivity (Wildman–Crippen MR) is 123 cm³/mol. The Morgan fingerprint density at radius 2 is 1.67 bits per heavy atom. The van der Waals surface area contributed by atoms with Crippen LogP contribution in [-0.2, 0) is 14.8 Å². The second kappa shape index (κ2) is 9.53. The predicted octanol–water partition coefficient (Wildman–Crippen LogP) is 2.87. The monoisotopic (exact) mass is 469 g/mol. The Hall–Kier alpha value is -3.53. The van der Waals surface area contributed by atoms with Gasteiger partial charge in [-0.05, 0) is 55.0 Å². The molecule has 8 nitrogen and oxygen atoms in total. The van der Waals surface area contributed by atoms with Crippen LogP contribution in [-0.4, -0.2) is 55.4 Å². The summed E-state index contributed by atoms with van der Waals surface area (Å²) in [5, 5.41) is 0. The minimum atomic E-state index is -3.75. The number of amides is 1. The van der Waals surface area contributed by atoms with Crippen LogP contribution in [0.15, 0.2) is 72.0 Å². The molecular weight excluding hydrogens is 445 g/mol. The molecule has 0 aliphatic carbocycles. The first-order chi connectivity index (χ1) is 15.8. The Labute approximate surface area is 192 Å². The van der Waals surface area contributed by atoms with Crippen LogP contribution in [0, 0.1) is 5.82 Å². The van der Waals surface area contributed by atoms with Gasteiger partial charge in [-0.3, -0.25) is 9.52 Å². The lowest BCUT2D eigenvalue weighted by Gasteiger charge is -2.37. The van der Waals surface area contributed by atoms with Crippen LogP contribution < -0.4 is 9.62 Å². The number of hydrogen-bond acceptors (Lipinski definition) is 6. The van der Waals surface area contributed by atoms with Crippen molar-refractivity contribution in [1.82, 2.24) is 14.9 Å². The molecule has 1 aliphatic rings. The van der Waals surface area contributed by atoms with Gasteiger partial charge in [-0.15, -0.1) is 0 Å². The van der Waals surface area contributed by atoms with Crippen molar-refractivity contribution < 1.29 is 17.6 Å². The Bertz CT molecular complexity index is 1200. The lowest BCUT2D eigenvalue weighted by Crippen LogP contribution is -2.49. The van der Waals surface area contributed by atoms with E-state index in [9.17, 15) is 17.6 Å². The fourth-order valence-corrected chi connectivity index (χ4v) is 4.75. The molecule has 0 radical (unpaired) electrons. The summed E-state index contributed by atoms with van der Waals surface area (Å²) in [5.74, 6) is -0.456. The van der Waals surface area contributed by atoms with Gasteiger partial charge in [-0.25, -0.2) is 22.8 Å². The number of hydrogen-bond donors (Lipinski definition) is 1. The maximum Gasteiger partial charge on any atom is 0.263 e.